The Hall–Kier alpha value is -3.87. The van der Waals surface area contributed by atoms with Crippen molar-refractivity contribution in [2.24, 2.45) is 5.92 Å². The molecule has 7 heteroatoms. The predicted molar refractivity (Wildman–Crippen MR) is 145 cm³/mol. The molecule has 1 aliphatic rings. The molecule has 0 aliphatic heterocycles. The molecule has 0 aromatic heterocycles. The molecule has 7 nitrogen and oxygen atoms in total. The third-order valence-electron chi connectivity index (χ3n) is 6.40. The average Bonchev–Trinajstić information content (AvgIpc) is 3.55. The van der Waals surface area contributed by atoms with Crippen LogP contribution in [0.25, 0.3) is 10.8 Å². The molecular weight excluding hydrogens is 466 g/mol. The first-order valence-corrected chi connectivity index (χ1v) is 12.7. The summed E-state index contributed by atoms with van der Waals surface area (Å²) in [6, 6.07) is 20.4. The van der Waals surface area contributed by atoms with Gasteiger partial charge in [-0.25, -0.2) is 4.79 Å². The zero-order chi connectivity index (χ0) is 26.7. The molecule has 0 bridgehead atoms. The van der Waals surface area contributed by atoms with Gasteiger partial charge < -0.3 is 20.3 Å². The van der Waals surface area contributed by atoms with Crippen LogP contribution >= 0.6 is 0 Å². The Kier molecular flexibility index (Phi) is 7.52. The van der Waals surface area contributed by atoms with Crippen LogP contribution in [-0.4, -0.2) is 41.0 Å². The lowest BCUT2D eigenvalue weighted by molar-refractivity contribution is -0.139. The van der Waals surface area contributed by atoms with E-state index in [-0.39, 0.29) is 30.3 Å². The van der Waals surface area contributed by atoms with E-state index in [4.69, 9.17) is 4.74 Å². The number of amides is 3. The van der Waals surface area contributed by atoms with Crippen LogP contribution in [0.2, 0.25) is 0 Å². The zero-order valence-electron chi connectivity index (χ0n) is 22.1. The van der Waals surface area contributed by atoms with Crippen LogP contribution < -0.4 is 10.6 Å². The van der Waals surface area contributed by atoms with Gasteiger partial charge >= 0.3 is 6.09 Å². The Labute approximate surface area is 218 Å². The summed E-state index contributed by atoms with van der Waals surface area (Å²) in [4.78, 5) is 41.3. The van der Waals surface area contributed by atoms with Gasteiger partial charge in [0.15, 0.2) is 0 Å². The van der Waals surface area contributed by atoms with Crippen molar-refractivity contribution in [2.45, 2.75) is 58.7 Å². The van der Waals surface area contributed by atoms with Crippen molar-refractivity contribution < 1.29 is 19.1 Å². The van der Waals surface area contributed by atoms with Crippen LogP contribution in [0.3, 0.4) is 0 Å². The van der Waals surface area contributed by atoms with E-state index in [1.807, 2.05) is 73.7 Å². The molecule has 3 amide bonds. The maximum atomic E-state index is 13.9. The first-order valence-electron chi connectivity index (χ1n) is 12.7. The van der Waals surface area contributed by atoms with Gasteiger partial charge in [-0.15, -0.1) is 0 Å². The minimum absolute atomic E-state index is 0.0965. The largest absolute Gasteiger partial charge is 0.444 e. The number of aryl methyl sites for hydroxylation is 1. The highest BCUT2D eigenvalue weighted by Crippen LogP contribution is 2.40. The van der Waals surface area contributed by atoms with Gasteiger partial charge in [0.05, 0.1) is 0 Å². The second-order valence-corrected chi connectivity index (χ2v) is 10.8. The zero-order valence-corrected chi connectivity index (χ0v) is 22.1. The Bertz CT molecular complexity index is 1310. The van der Waals surface area contributed by atoms with Crippen LogP contribution in [-0.2, 0) is 14.3 Å². The van der Waals surface area contributed by atoms with Crippen molar-refractivity contribution >= 4 is 34.4 Å². The molecule has 37 heavy (non-hydrogen) atoms. The molecule has 1 aliphatic carbocycles. The van der Waals surface area contributed by atoms with Crippen molar-refractivity contribution in [3.8, 4) is 0 Å². The van der Waals surface area contributed by atoms with E-state index in [9.17, 15) is 14.4 Å². The smallest absolute Gasteiger partial charge is 0.408 e. The first-order chi connectivity index (χ1) is 17.5. The van der Waals surface area contributed by atoms with Crippen LogP contribution in [0, 0.1) is 12.8 Å². The van der Waals surface area contributed by atoms with Gasteiger partial charge in [-0.05, 0) is 68.5 Å². The van der Waals surface area contributed by atoms with Gasteiger partial charge in [-0.1, -0.05) is 67.1 Å². The number of ether oxygens (including phenoxy) is 1. The van der Waals surface area contributed by atoms with Crippen LogP contribution in [0.4, 0.5) is 10.5 Å². The van der Waals surface area contributed by atoms with Crippen molar-refractivity contribution in [3.63, 3.8) is 0 Å². The molecule has 3 unspecified atom stereocenters. The molecule has 3 aromatic rings. The van der Waals surface area contributed by atoms with Gasteiger partial charge in [0, 0.05) is 11.7 Å². The fraction of sp³-hybridized carbons (Fsp3) is 0.367. The Morgan fingerprint density at radius 1 is 1.00 bits per heavy atom. The molecule has 1 fully saturated rings. The normalized spacial score (nSPS) is 17.5. The van der Waals surface area contributed by atoms with Gasteiger partial charge in [0.1, 0.15) is 18.2 Å². The number of rotatable bonds is 7. The molecule has 0 radical (unpaired) electrons. The minimum atomic E-state index is -0.853. The van der Waals surface area contributed by atoms with E-state index >= 15 is 0 Å². The third kappa shape index (κ3) is 6.67. The molecule has 0 heterocycles. The number of hydrogen-bond acceptors (Lipinski definition) is 4. The summed E-state index contributed by atoms with van der Waals surface area (Å²) < 4.78 is 5.29. The first kappa shape index (κ1) is 26.2. The summed E-state index contributed by atoms with van der Waals surface area (Å²) in [6.07, 6.45) is 0.126. The molecular formula is C30H35N3O4. The summed E-state index contributed by atoms with van der Waals surface area (Å²) >= 11 is 0. The predicted octanol–water partition coefficient (Wildman–Crippen LogP) is 5.59. The van der Waals surface area contributed by atoms with Gasteiger partial charge in [-0.3, -0.25) is 9.59 Å². The number of carbonyl (C=O) groups is 3. The minimum Gasteiger partial charge on any atom is -0.444 e. The lowest BCUT2D eigenvalue weighted by Gasteiger charge is -2.32. The topological polar surface area (TPSA) is 87.7 Å². The summed E-state index contributed by atoms with van der Waals surface area (Å²) in [6.45, 7) is 9.04. The lowest BCUT2D eigenvalue weighted by Crippen LogP contribution is -2.48. The molecule has 194 valence electrons. The standard InChI is InChI=1S/C30H35N3O4/c1-19-9-8-12-23(15-19)27(28(35)32-24-14-13-21-10-6-7-11-22(21)17-24)33(25-16-20(25)2)26(34)18-31-29(36)37-30(3,4)5/h6-15,17,20,25,27H,16,18H2,1-5H3,(H,31,36)(H,32,35). The van der Waals surface area contributed by atoms with Crippen molar-refractivity contribution in [2.75, 3.05) is 11.9 Å². The molecule has 0 saturated heterocycles. The molecule has 3 atom stereocenters. The van der Waals surface area contributed by atoms with Crippen LogP contribution in [0.5, 0.6) is 0 Å². The van der Waals surface area contributed by atoms with Crippen LogP contribution in [0.1, 0.15) is 51.3 Å². The van der Waals surface area contributed by atoms with Crippen LogP contribution in [0.15, 0.2) is 66.7 Å². The molecule has 3 aromatic carbocycles. The number of carbonyl (C=O) groups excluding carboxylic acids is 3. The number of hydrogen-bond donors (Lipinski definition) is 2. The van der Waals surface area contributed by atoms with Crippen molar-refractivity contribution in [3.05, 3.63) is 77.9 Å². The summed E-state index contributed by atoms with van der Waals surface area (Å²) in [5.41, 5.74) is 1.69. The number of benzene rings is 3. The lowest BCUT2D eigenvalue weighted by atomic mass is 10.0. The average molecular weight is 502 g/mol. The van der Waals surface area contributed by atoms with Gasteiger partial charge in [0.25, 0.3) is 5.91 Å². The highest BCUT2D eigenvalue weighted by Gasteiger charge is 2.46. The van der Waals surface area contributed by atoms with E-state index in [0.717, 1.165) is 28.3 Å². The molecule has 2 N–H and O–H groups in total. The SMILES string of the molecule is Cc1cccc(C(C(=O)Nc2ccc3ccccc3c2)N(C(=O)CNC(=O)OC(C)(C)C)C2CC2C)c1. The maximum Gasteiger partial charge on any atom is 0.408 e. The number of nitrogens with zero attached hydrogens (tertiary/aromatic N) is 1. The second-order valence-electron chi connectivity index (χ2n) is 10.8. The quantitative estimate of drug-likeness (QED) is 0.442. The van der Waals surface area contributed by atoms with Crippen molar-refractivity contribution in [1.29, 1.82) is 0 Å². The summed E-state index contributed by atoms with van der Waals surface area (Å²) in [5.74, 6) is -0.378. The number of anilines is 1. The van der Waals surface area contributed by atoms with E-state index in [1.54, 1.807) is 25.7 Å². The fourth-order valence-corrected chi connectivity index (χ4v) is 4.52. The fourth-order valence-electron chi connectivity index (χ4n) is 4.52. The van der Waals surface area contributed by atoms with Gasteiger partial charge in [0.2, 0.25) is 5.91 Å². The van der Waals surface area contributed by atoms with E-state index in [1.165, 1.54) is 0 Å². The van der Waals surface area contributed by atoms with Gasteiger partial charge in [-0.2, -0.15) is 0 Å². The molecule has 0 spiro atoms. The molecule has 4 rings (SSSR count). The summed E-state index contributed by atoms with van der Waals surface area (Å²) in [7, 11) is 0. The number of nitrogens with one attached hydrogen (secondary N) is 2. The maximum absolute atomic E-state index is 13.9. The monoisotopic (exact) mass is 501 g/mol. The Balaban J connectivity index is 1.62. The number of alkyl carbamates (subject to hydrolysis) is 1. The van der Waals surface area contributed by atoms with E-state index in [0.29, 0.717) is 5.69 Å². The van der Waals surface area contributed by atoms with Crippen molar-refractivity contribution in [1.82, 2.24) is 10.2 Å². The summed E-state index contributed by atoms with van der Waals surface area (Å²) in [5, 5.41) is 7.68. The Morgan fingerprint density at radius 2 is 1.70 bits per heavy atom. The van der Waals surface area contributed by atoms with E-state index in [2.05, 4.69) is 17.6 Å². The van der Waals surface area contributed by atoms with E-state index < -0.39 is 17.7 Å². The highest BCUT2D eigenvalue weighted by molar-refractivity contribution is 6.00. The second kappa shape index (κ2) is 10.6. The Morgan fingerprint density at radius 3 is 2.35 bits per heavy atom. The number of fused-ring (bicyclic) bond motifs is 1. The molecule has 1 saturated carbocycles. The third-order valence-corrected chi connectivity index (χ3v) is 6.40. The highest BCUT2D eigenvalue weighted by atomic mass is 16.6.